The minimum Gasteiger partial charge on any atom is -0.480 e. The lowest BCUT2D eigenvalue weighted by molar-refractivity contribution is -0.148. The van der Waals surface area contributed by atoms with Crippen molar-refractivity contribution in [2.45, 2.75) is 53.0 Å². The van der Waals surface area contributed by atoms with Crippen LogP contribution in [-0.4, -0.2) is 63.0 Å². The molecule has 12 heteroatoms. The van der Waals surface area contributed by atoms with Crippen LogP contribution < -0.4 is 10.5 Å². The van der Waals surface area contributed by atoms with E-state index in [1.165, 1.54) is 0 Å². The van der Waals surface area contributed by atoms with Crippen LogP contribution in [0.4, 0.5) is 5.82 Å². The summed E-state index contributed by atoms with van der Waals surface area (Å²) < 4.78 is 6.93. The number of rotatable bonds is 9. The zero-order chi connectivity index (χ0) is 27.3. The third-order valence-electron chi connectivity index (χ3n) is 6.36. The number of thiocarbonyl (C=S) groups is 1. The van der Waals surface area contributed by atoms with E-state index in [1.807, 2.05) is 17.9 Å². The maximum absolute atomic E-state index is 13.4. The number of nitrogens with zero attached hydrogens (tertiary/aromatic N) is 4. The van der Waals surface area contributed by atoms with Crippen LogP contribution >= 0.6 is 24.0 Å². The number of carboxylic acids is 1. The number of aliphatic carboxylic acids is 1. The van der Waals surface area contributed by atoms with E-state index in [-0.39, 0.29) is 33.3 Å². The summed E-state index contributed by atoms with van der Waals surface area (Å²) in [5.74, 6) is -1.87. The lowest BCUT2D eigenvalue weighted by Gasteiger charge is -2.36. The van der Waals surface area contributed by atoms with E-state index in [0.29, 0.717) is 55.8 Å². The number of esters is 1. The van der Waals surface area contributed by atoms with Crippen LogP contribution in [0, 0.1) is 24.2 Å². The molecule has 2 saturated heterocycles. The van der Waals surface area contributed by atoms with Gasteiger partial charge in [-0.15, -0.1) is 0 Å². The molecule has 2 aliphatic rings. The Labute approximate surface area is 224 Å². The summed E-state index contributed by atoms with van der Waals surface area (Å²) in [6, 6.07) is 2.01. The molecule has 2 fully saturated rings. The molecule has 0 spiro atoms. The second-order valence-electron chi connectivity index (χ2n) is 8.86. The Bertz CT molecular complexity index is 1250. The number of anilines is 1. The van der Waals surface area contributed by atoms with Gasteiger partial charge in [0.15, 0.2) is 0 Å². The zero-order valence-electron chi connectivity index (χ0n) is 21.1. The van der Waals surface area contributed by atoms with E-state index >= 15 is 0 Å². The van der Waals surface area contributed by atoms with E-state index < -0.39 is 24.0 Å². The number of thioether (sulfide) groups is 1. The molecule has 0 saturated carbocycles. The van der Waals surface area contributed by atoms with E-state index in [9.17, 15) is 24.4 Å². The Balaban J connectivity index is 2.21. The molecule has 0 aliphatic carbocycles. The standard InChI is InChI=1S/C25H30N4O6S2/c1-4-6-10-28-21(27-9-7-8-16(13-27)24(34)35-5-2)17(15(3)18(12-26)22(28)32)11-19-23(33)29(14-20(30)31)25(36)37-19/h11,16H,4-10,13-14H2,1-3H3,(H,30,31)/b19-11-. The van der Waals surface area contributed by atoms with Gasteiger partial charge in [0, 0.05) is 25.2 Å². The molecule has 1 unspecified atom stereocenters. The van der Waals surface area contributed by atoms with Gasteiger partial charge < -0.3 is 14.7 Å². The van der Waals surface area contributed by atoms with Gasteiger partial charge in [-0.2, -0.15) is 5.26 Å². The molecule has 3 heterocycles. The molecule has 37 heavy (non-hydrogen) atoms. The second kappa shape index (κ2) is 12.4. The largest absolute Gasteiger partial charge is 0.480 e. The van der Waals surface area contributed by atoms with Gasteiger partial charge in [-0.05, 0) is 44.7 Å². The fraction of sp³-hybridized carbons (Fsp3) is 0.520. The fourth-order valence-corrected chi connectivity index (χ4v) is 5.77. The van der Waals surface area contributed by atoms with Crippen LogP contribution in [-0.2, 0) is 25.7 Å². The summed E-state index contributed by atoms with van der Waals surface area (Å²) in [7, 11) is 0. The van der Waals surface area contributed by atoms with Crippen molar-refractivity contribution >= 4 is 58.0 Å². The zero-order valence-corrected chi connectivity index (χ0v) is 22.7. The van der Waals surface area contributed by atoms with Gasteiger partial charge in [-0.25, -0.2) is 0 Å². The average Bonchev–Trinajstić information content (AvgIpc) is 3.12. The lowest BCUT2D eigenvalue weighted by Crippen LogP contribution is -2.43. The van der Waals surface area contributed by atoms with Gasteiger partial charge in [0.05, 0.1) is 17.4 Å². The van der Waals surface area contributed by atoms with Crippen LogP contribution in [0.2, 0.25) is 0 Å². The second-order valence-corrected chi connectivity index (χ2v) is 10.5. The van der Waals surface area contributed by atoms with Crippen LogP contribution in [0.25, 0.3) is 6.08 Å². The summed E-state index contributed by atoms with van der Waals surface area (Å²) in [5, 5.41) is 19.0. The quantitative estimate of drug-likeness (QED) is 0.280. The van der Waals surface area contributed by atoms with E-state index in [2.05, 4.69) is 0 Å². The van der Waals surface area contributed by atoms with Crippen LogP contribution in [0.3, 0.4) is 0 Å². The minimum absolute atomic E-state index is 0.0222. The number of nitriles is 1. The minimum atomic E-state index is -1.19. The van der Waals surface area contributed by atoms with E-state index in [1.54, 1.807) is 24.5 Å². The Morgan fingerprint density at radius 1 is 1.32 bits per heavy atom. The van der Waals surface area contributed by atoms with Crippen molar-refractivity contribution in [1.82, 2.24) is 9.47 Å². The SMILES string of the molecule is CCCCn1c(N2CCCC(C(=O)OCC)C2)c(/C=C2\SC(=S)N(CC(=O)O)C2=O)c(C)c(C#N)c1=O. The highest BCUT2D eigenvalue weighted by Gasteiger charge is 2.35. The number of piperidine rings is 1. The maximum atomic E-state index is 13.4. The Morgan fingerprint density at radius 3 is 2.68 bits per heavy atom. The molecule has 0 bridgehead atoms. The molecular weight excluding hydrogens is 516 g/mol. The Morgan fingerprint density at radius 2 is 2.05 bits per heavy atom. The number of carbonyl (C=O) groups is 3. The molecule has 10 nitrogen and oxygen atoms in total. The normalized spacial score (nSPS) is 18.9. The van der Waals surface area contributed by atoms with Crippen molar-refractivity contribution in [2.24, 2.45) is 5.92 Å². The number of amides is 1. The monoisotopic (exact) mass is 546 g/mol. The lowest BCUT2D eigenvalue weighted by atomic mass is 9.96. The molecular formula is C25H30N4O6S2. The number of ether oxygens (including phenoxy) is 1. The summed E-state index contributed by atoms with van der Waals surface area (Å²) >= 11 is 6.21. The number of hydrogen-bond donors (Lipinski definition) is 1. The van der Waals surface area contributed by atoms with Crippen molar-refractivity contribution in [3.05, 3.63) is 31.9 Å². The average molecular weight is 547 g/mol. The van der Waals surface area contributed by atoms with Gasteiger partial charge in [-0.3, -0.25) is 28.6 Å². The molecule has 1 N–H and O–H groups in total. The van der Waals surface area contributed by atoms with Crippen molar-refractivity contribution < 1.29 is 24.2 Å². The van der Waals surface area contributed by atoms with Gasteiger partial charge in [-0.1, -0.05) is 37.3 Å². The topological polar surface area (TPSA) is 133 Å². The first-order chi connectivity index (χ1) is 17.6. The van der Waals surface area contributed by atoms with Gasteiger partial charge >= 0.3 is 11.9 Å². The number of carbonyl (C=O) groups excluding carboxylic acids is 2. The molecule has 1 atom stereocenters. The smallest absolute Gasteiger partial charge is 0.323 e. The predicted molar refractivity (Wildman–Crippen MR) is 144 cm³/mol. The van der Waals surface area contributed by atoms with Gasteiger partial charge in [0.25, 0.3) is 11.5 Å². The molecule has 1 aromatic heterocycles. The predicted octanol–water partition coefficient (Wildman–Crippen LogP) is 2.89. The fourth-order valence-electron chi connectivity index (χ4n) is 4.53. The molecule has 2 aliphatic heterocycles. The first-order valence-electron chi connectivity index (χ1n) is 12.2. The van der Waals surface area contributed by atoms with Gasteiger partial charge in [0.2, 0.25) is 0 Å². The first kappa shape index (κ1) is 28.4. The summed E-state index contributed by atoms with van der Waals surface area (Å²) in [6.07, 6.45) is 4.45. The highest BCUT2D eigenvalue weighted by Crippen LogP contribution is 2.37. The van der Waals surface area contributed by atoms with Crippen LogP contribution in [0.1, 0.15) is 56.2 Å². The van der Waals surface area contributed by atoms with Crippen molar-refractivity contribution in [3.8, 4) is 6.07 Å². The van der Waals surface area contributed by atoms with Crippen LogP contribution in [0.15, 0.2) is 9.70 Å². The Hall–Kier alpha value is -3.17. The summed E-state index contributed by atoms with van der Waals surface area (Å²) in [4.78, 5) is 53.4. The number of hydrogen-bond acceptors (Lipinski definition) is 9. The summed E-state index contributed by atoms with van der Waals surface area (Å²) in [6.45, 7) is 6.39. The third-order valence-corrected chi connectivity index (χ3v) is 7.74. The summed E-state index contributed by atoms with van der Waals surface area (Å²) in [5.41, 5.74) is 0.480. The third kappa shape index (κ3) is 6.05. The molecule has 198 valence electrons. The van der Waals surface area contributed by atoms with Crippen molar-refractivity contribution in [2.75, 3.05) is 31.1 Å². The number of unbranched alkanes of at least 4 members (excludes halogenated alkanes) is 1. The molecule has 0 radical (unpaired) electrons. The number of carboxylic acid groups (broad SMARTS) is 1. The highest BCUT2D eigenvalue weighted by molar-refractivity contribution is 8.26. The molecule has 3 rings (SSSR count). The number of pyridine rings is 1. The molecule has 1 aromatic rings. The maximum Gasteiger partial charge on any atom is 0.323 e. The molecule has 0 aromatic carbocycles. The number of aromatic nitrogens is 1. The molecule has 1 amide bonds. The highest BCUT2D eigenvalue weighted by atomic mass is 32.2. The van der Waals surface area contributed by atoms with E-state index in [4.69, 9.17) is 22.1 Å². The van der Waals surface area contributed by atoms with E-state index in [0.717, 1.165) is 23.1 Å². The van der Waals surface area contributed by atoms with Crippen molar-refractivity contribution in [3.63, 3.8) is 0 Å². The Kier molecular flexibility index (Phi) is 9.50. The van der Waals surface area contributed by atoms with Crippen molar-refractivity contribution in [1.29, 1.82) is 5.26 Å². The first-order valence-corrected chi connectivity index (χ1v) is 13.4. The van der Waals surface area contributed by atoms with Crippen LogP contribution in [0.5, 0.6) is 0 Å². The van der Waals surface area contributed by atoms with Gasteiger partial charge in [0.1, 0.15) is 28.3 Å².